The van der Waals surface area contributed by atoms with Crippen molar-refractivity contribution in [3.63, 3.8) is 0 Å². The molecule has 1 fully saturated rings. The first-order valence-corrected chi connectivity index (χ1v) is 7.46. The summed E-state index contributed by atoms with van der Waals surface area (Å²) in [5.41, 5.74) is 0.0182. The average molecular weight is 273 g/mol. The molecule has 2 rings (SSSR count). The molecule has 0 saturated carbocycles. The molecule has 0 aromatic carbocycles. The zero-order valence-corrected chi connectivity index (χ0v) is 11.5. The molecule has 1 aromatic heterocycles. The highest BCUT2D eigenvalue weighted by Gasteiger charge is 2.29. The molecule has 0 spiro atoms. The van der Waals surface area contributed by atoms with Gasteiger partial charge in [-0.2, -0.15) is 0 Å². The van der Waals surface area contributed by atoms with E-state index < -0.39 is 10.0 Å². The third kappa shape index (κ3) is 2.88. The lowest BCUT2D eigenvalue weighted by Gasteiger charge is -2.33. The SMILES string of the molecule is Cn1nncc1S(=O)(=O)NCC1(C)CCNCC1. The van der Waals surface area contributed by atoms with E-state index in [0.29, 0.717) is 6.54 Å². The smallest absolute Gasteiger partial charge is 0.259 e. The van der Waals surface area contributed by atoms with Crippen LogP contribution < -0.4 is 10.0 Å². The molecule has 18 heavy (non-hydrogen) atoms. The van der Waals surface area contributed by atoms with Gasteiger partial charge in [0, 0.05) is 13.6 Å². The van der Waals surface area contributed by atoms with Gasteiger partial charge in [-0.25, -0.2) is 17.8 Å². The first-order valence-electron chi connectivity index (χ1n) is 5.98. The Balaban J connectivity index is 2.03. The number of sulfonamides is 1. The van der Waals surface area contributed by atoms with Crippen LogP contribution >= 0.6 is 0 Å². The van der Waals surface area contributed by atoms with Gasteiger partial charge in [0.25, 0.3) is 10.0 Å². The Morgan fingerprint density at radius 3 is 2.72 bits per heavy atom. The lowest BCUT2D eigenvalue weighted by molar-refractivity contribution is 0.232. The molecule has 1 saturated heterocycles. The zero-order valence-electron chi connectivity index (χ0n) is 10.7. The maximum absolute atomic E-state index is 12.1. The predicted molar refractivity (Wildman–Crippen MR) is 66.4 cm³/mol. The minimum absolute atomic E-state index is 0.0182. The van der Waals surface area contributed by atoms with Gasteiger partial charge in [-0.05, 0) is 31.3 Å². The fourth-order valence-electron chi connectivity index (χ4n) is 2.07. The van der Waals surface area contributed by atoms with Crippen LogP contribution in [0.1, 0.15) is 19.8 Å². The number of hydrogen-bond acceptors (Lipinski definition) is 5. The molecule has 0 radical (unpaired) electrons. The van der Waals surface area contributed by atoms with Crippen LogP contribution in [0.4, 0.5) is 0 Å². The predicted octanol–water partition coefficient (Wildman–Crippen LogP) is -0.517. The van der Waals surface area contributed by atoms with Gasteiger partial charge in [0.2, 0.25) is 0 Å². The summed E-state index contributed by atoms with van der Waals surface area (Å²) >= 11 is 0. The van der Waals surface area contributed by atoms with E-state index in [1.807, 2.05) is 0 Å². The fourth-order valence-corrected chi connectivity index (χ4v) is 3.33. The van der Waals surface area contributed by atoms with Crippen LogP contribution in [-0.4, -0.2) is 43.0 Å². The van der Waals surface area contributed by atoms with E-state index in [0.717, 1.165) is 25.9 Å². The van der Waals surface area contributed by atoms with E-state index in [4.69, 9.17) is 0 Å². The van der Waals surface area contributed by atoms with Gasteiger partial charge in [0.1, 0.15) is 0 Å². The van der Waals surface area contributed by atoms with Crippen LogP contribution in [0.5, 0.6) is 0 Å². The third-order valence-corrected chi connectivity index (χ3v) is 4.89. The molecule has 0 atom stereocenters. The minimum Gasteiger partial charge on any atom is -0.317 e. The first-order chi connectivity index (χ1) is 8.43. The lowest BCUT2D eigenvalue weighted by Crippen LogP contribution is -2.43. The molecular formula is C10H19N5O2S. The molecule has 2 N–H and O–H groups in total. The van der Waals surface area contributed by atoms with Gasteiger partial charge in [-0.3, -0.25) is 0 Å². The zero-order chi connectivity index (χ0) is 13.2. The quantitative estimate of drug-likeness (QED) is 0.771. The van der Waals surface area contributed by atoms with E-state index >= 15 is 0 Å². The molecule has 1 aromatic rings. The number of rotatable bonds is 4. The van der Waals surface area contributed by atoms with E-state index in [1.165, 1.54) is 10.9 Å². The van der Waals surface area contributed by atoms with E-state index in [1.54, 1.807) is 7.05 Å². The highest BCUT2D eigenvalue weighted by molar-refractivity contribution is 7.89. The molecule has 1 aliphatic heterocycles. The van der Waals surface area contributed by atoms with Gasteiger partial charge in [-0.15, -0.1) is 5.10 Å². The minimum atomic E-state index is -3.52. The molecule has 0 bridgehead atoms. The van der Waals surface area contributed by atoms with Gasteiger partial charge < -0.3 is 5.32 Å². The van der Waals surface area contributed by atoms with Crippen molar-refractivity contribution in [1.82, 2.24) is 25.0 Å². The van der Waals surface area contributed by atoms with Crippen molar-refractivity contribution >= 4 is 10.0 Å². The molecule has 1 aliphatic rings. The average Bonchev–Trinajstić information content (AvgIpc) is 2.75. The molecule has 0 unspecified atom stereocenters. The van der Waals surface area contributed by atoms with E-state index in [9.17, 15) is 8.42 Å². The van der Waals surface area contributed by atoms with Crippen molar-refractivity contribution in [2.24, 2.45) is 12.5 Å². The standard InChI is InChI=1S/C10H19N5O2S/c1-10(3-5-11-6-4-10)8-13-18(16,17)9-7-12-14-15(9)2/h7,11,13H,3-6,8H2,1-2H3. The highest BCUT2D eigenvalue weighted by Crippen LogP contribution is 2.27. The molecule has 0 amide bonds. The maximum Gasteiger partial charge on any atom is 0.259 e. The summed E-state index contributed by atoms with van der Waals surface area (Å²) in [6.07, 6.45) is 3.20. The molecule has 8 heteroatoms. The van der Waals surface area contributed by atoms with Gasteiger partial charge in [0.15, 0.2) is 5.03 Å². The largest absolute Gasteiger partial charge is 0.317 e. The second kappa shape index (κ2) is 4.94. The lowest BCUT2D eigenvalue weighted by atomic mass is 9.81. The Morgan fingerprint density at radius 2 is 2.17 bits per heavy atom. The summed E-state index contributed by atoms with van der Waals surface area (Å²) in [7, 11) is -1.95. The Labute approximate surface area is 107 Å². The van der Waals surface area contributed by atoms with Crippen LogP contribution in [0, 0.1) is 5.41 Å². The molecular weight excluding hydrogens is 254 g/mol. The summed E-state index contributed by atoms with van der Waals surface area (Å²) in [5, 5.41) is 10.6. The number of piperidine rings is 1. The Morgan fingerprint density at radius 1 is 1.50 bits per heavy atom. The van der Waals surface area contributed by atoms with Gasteiger partial charge in [-0.1, -0.05) is 12.1 Å². The van der Waals surface area contributed by atoms with Crippen molar-refractivity contribution in [1.29, 1.82) is 0 Å². The summed E-state index contributed by atoms with van der Waals surface area (Å²) < 4.78 is 28.1. The number of aromatic nitrogens is 3. The second-order valence-electron chi connectivity index (χ2n) is 5.08. The van der Waals surface area contributed by atoms with Crippen LogP contribution in [-0.2, 0) is 17.1 Å². The van der Waals surface area contributed by atoms with Crippen LogP contribution in [0.25, 0.3) is 0 Å². The maximum atomic E-state index is 12.1. The van der Waals surface area contributed by atoms with E-state index in [-0.39, 0.29) is 10.4 Å². The van der Waals surface area contributed by atoms with Crippen LogP contribution in [0.3, 0.4) is 0 Å². The van der Waals surface area contributed by atoms with Gasteiger partial charge in [0.05, 0.1) is 6.20 Å². The van der Waals surface area contributed by atoms with Crippen molar-refractivity contribution in [2.75, 3.05) is 19.6 Å². The van der Waals surface area contributed by atoms with Crippen molar-refractivity contribution in [3.8, 4) is 0 Å². The number of nitrogens with zero attached hydrogens (tertiary/aromatic N) is 3. The molecule has 0 aliphatic carbocycles. The van der Waals surface area contributed by atoms with Gasteiger partial charge >= 0.3 is 0 Å². The fraction of sp³-hybridized carbons (Fsp3) is 0.800. The second-order valence-corrected chi connectivity index (χ2v) is 6.79. The number of aryl methyl sites for hydroxylation is 1. The number of nitrogens with one attached hydrogen (secondary N) is 2. The van der Waals surface area contributed by atoms with Crippen molar-refractivity contribution in [2.45, 2.75) is 24.8 Å². The normalized spacial score (nSPS) is 19.9. The summed E-state index contributed by atoms with van der Waals surface area (Å²) in [5.74, 6) is 0. The van der Waals surface area contributed by atoms with Crippen LogP contribution in [0.2, 0.25) is 0 Å². The van der Waals surface area contributed by atoms with Crippen LogP contribution in [0.15, 0.2) is 11.2 Å². The van der Waals surface area contributed by atoms with Crippen molar-refractivity contribution in [3.05, 3.63) is 6.20 Å². The molecule has 7 nitrogen and oxygen atoms in total. The topological polar surface area (TPSA) is 88.9 Å². The molecule has 102 valence electrons. The molecule has 2 heterocycles. The Kier molecular flexibility index (Phi) is 3.69. The van der Waals surface area contributed by atoms with E-state index in [2.05, 4.69) is 27.3 Å². The summed E-state index contributed by atoms with van der Waals surface area (Å²) in [6, 6.07) is 0. The summed E-state index contributed by atoms with van der Waals surface area (Å²) in [4.78, 5) is 0. The Hall–Kier alpha value is -0.990. The monoisotopic (exact) mass is 273 g/mol. The third-order valence-electron chi connectivity index (χ3n) is 3.45. The summed E-state index contributed by atoms with van der Waals surface area (Å²) in [6.45, 7) is 4.43. The first kappa shape index (κ1) is 13.4. The highest BCUT2D eigenvalue weighted by atomic mass is 32.2. The van der Waals surface area contributed by atoms with Crippen molar-refractivity contribution < 1.29 is 8.42 Å². The Bertz CT molecular complexity index is 504. The number of hydrogen-bond donors (Lipinski definition) is 2.